The highest BCUT2D eigenvalue weighted by molar-refractivity contribution is 7.13. The summed E-state index contributed by atoms with van der Waals surface area (Å²) in [6.45, 7) is 3.10. The van der Waals surface area contributed by atoms with E-state index in [2.05, 4.69) is 21.1 Å². The summed E-state index contributed by atoms with van der Waals surface area (Å²) in [6.07, 6.45) is 1.82. The van der Waals surface area contributed by atoms with Gasteiger partial charge in [-0.1, -0.05) is 28.9 Å². The summed E-state index contributed by atoms with van der Waals surface area (Å²) in [5.74, 6) is 1.39. The smallest absolute Gasteiger partial charge is 0.226 e. The lowest BCUT2D eigenvalue weighted by molar-refractivity contribution is -0.131. The van der Waals surface area contributed by atoms with Gasteiger partial charge in [-0.3, -0.25) is 4.79 Å². The molecule has 8 heteroatoms. The van der Waals surface area contributed by atoms with E-state index in [1.807, 2.05) is 40.6 Å². The van der Waals surface area contributed by atoms with Crippen LogP contribution in [-0.4, -0.2) is 47.1 Å². The van der Waals surface area contributed by atoms with Gasteiger partial charge in [0.25, 0.3) is 0 Å². The standard InChI is InChI=1S/C20H21ClN4O2S/c21-15-4-1-5-16(14-15)24-9-11-25(12-10-24)19(26)8-2-7-18-22-20(23-27-18)17-6-3-13-28-17/h1,3-6,13-14H,2,7-12H2. The second kappa shape index (κ2) is 8.75. The van der Waals surface area contributed by atoms with Crippen molar-refractivity contribution in [3.05, 3.63) is 52.7 Å². The summed E-state index contributed by atoms with van der Waals surface area (Å²) in [6, 6.07) is 11.8. The number of amides is 1. The van der Waals surface area contributed by atoms with Gasteiger partial charge in [0.05, 0.1) is 4.88 Å². The van der Waals surface area contributed by atoms with Gasteiger partial charge in [0.15, 0.2) is 0 Å². The number of nitrogens with zero attached hydrogens (tertiary/aromatic N) is 4. The van der Waals surface area contributed by atoms with E-state index in [-0.39, 0.29) is 5.91 Å². The average Bonchev–Trinajstić information content (AvgIpc) is 3.40. The number of aromatic nitrogens is 2. The fraction of sp³-hybridized carbons (Fsp3) is 0.350. The lowest BCUT2D eigenvalue weighted by Crippen LogP contribution is -2.48. The van der Waals surface area contributed by atoms with Crippen LogP contribution in [0.1, 0.15) is 18.7 Å². The molecule has 28 heavy (non-hydrogen) atoms. The van der Waals surface area contributed by atoms with E-state index < -0.39 is 0 Å². The average molecular weight is 417 g/mol. The van der Waals surface area contributed by atoms with E-state index in [9.17, 15) is 4.79 Å². The second-order valence-corrected chi connectivity index (χ2v) is 8.07. The molecule has 0 bridgehead atoms. The highest BCUT2D eigenvalue weighted by Gasteiger charge is 2.21. The van der Waals surface area contributed by atoms with Crippen LogP contribution in [0.3, 0.4) is 0 Å². The van der Waals surface area contributed by atoms with Gasteiger partial charge in [0, 0.05) is 49.7 Å². The molecule has 3 aromatic rings. The molecule has 1 aromatic carbocycles. The predicted octanol–water partition coefficient (Wildman–Crippen LogP) is 4.12. The number of rotatable bonds is 6. The summed E-state index contributed by atoms with van der Waals surface area (Å²) >= 11 is 7.65. The van der Waals surface area contributed by atoms with Crippen molar-refractivity contribution in [1.82, 2.24) is 15.0 Å². The maximum Gasteiger partial charge on any atom is 0.226 e. The molecule has 6 nitrogen and oxygen atoms in total. The van der Waals surface area contributed by atoms with Gasteiger partial charge in [0.1, 0.15) is 0 Å². The first kappa shape index (κ1) is 19.0. The highest BCUT2D eigenvalue weighted by atomic mass is 35.5. The molecule has 0 N–H and O–H groups in total. The minimum atomic E-state index is 0.184. The third-order valence-electron chi connectivity index (χ3n) is 4.80. The summed E-state index contributed by atoms with van der Waals surface area (Å²) < 4.78 is 5.29. The van der Waals surface area contributed by atoms with Crippen LogP contribution in [-0.2, 0) is 11.2 Å². The predicted molar refractivity (Wildman–Crippen MR) is 111 cm³/mol. The number of anilines is 1. The molecule has 0 radical (unpaired) electrons. The number of hydrogen-bond donors (Lipinski definition) is 0. The molecular formula is C20H21ClN4O2S. The molecule has 146 valence electrons. The Balaban J connectivity index is 1.22. The quantitative estimate of drug-likeness (QED) is 0.604. The molecule has 1 aliphatic heterocycles. The van der Waals surface area contributed by atoms with Crippen molar-refractivity contribution >= 4 is 34.5 Å². The van der Waals surface area contributed by atoms with Gasteiger partial charge >= 0.3 is 0 Å². The largest absolute Gasteiger partial charge is 0.368 e. The molecule has 2 aromatic heterocycles. The Bertz CT molecular complexity index is 920. The van der Waals surface area contributed by atoms with Crippen molar-refractivity contribution in [3.8, 4) is 10.7 Å². The number of aryl methyl sites for hydroxylation is 1. The molecule has 1 aliphatic rings. The van der Waals surface area contributed by atoms with Crippen LogP contribution < -0.4 is 4.90 Å². The summed E-state index contributed by atoms with van der Waals surface area (Å²) in [5, 5.41) is 6.72. The molecule has 1 fully saturated rings. The van der Waals surface area contributed by atoms with Crippen LogP contribution in [0.5, 0.6) is 0 Å². The molecule has 0 saturated carbocycles. The van der Waals surface area contributed by atoms with Crippen LogP contribution in [0.2, 0.25) is 5.02 Å². The minimum absolute atomic E-state index is 0.184. The van der Waals surface area contributed by atoms with Crippen LogP contribution in [0.15, 0.2) is 46.3 Å². The van der Waals surface area contributed by atoms with Gasteiger partial charge in [-0.2, -0.15) is 4.98 Å². The number of carbonyl (C=O) groups excluding carboxylic acids is 1. The number of hydrogen-bond acceptors (Lipinski definition) is 6. The lowest BCUT2D eigenvalue weighted by Gasteiger charge is -2.36. The Morgan fingerprint density at radius 3 is 2.79 bits per heavy atom. The third kappa shape index (κ3) is 4.54. The van der Waals surface area contributed by atoms with E-state index >= 15 is 0 Å². The van der Waals surface area contributed by atoms with Gasteiger partial charge in [-0.15, -0.1) is 11.3 Å². The third-order valence-corrected chi connectivity index (χ3v) is 5.90. The van der Waals surface area contributed by atoms with E-state index in [1.165, 1.54) is 0 Å². The SMILES string of the molecule is O=C(CCCc1nc(-c2cccs2)no1)N1CCN(c2cccc(Cl)c2)CC1. The van der Waals surface area contributed by atoms with Crippen molar-refractivity contribution < 1.29 is 9.32 Å². The zero-order valence-electron chi connectivity index (χ0n) is 15.4. The topological polar surface area (TPSA) is 62.5 Å². The number of benzene rings is 1. The van der Waals surface area contributed by atoms with Crippen molar-refractivity contribution in [2.75, 3.05) is 31.1 Å². The summed E-state index contributed by atoms with van der Waals surface area (Å²) in [7, 11) is 0. The number of carbonyl (C=O) groups is 1. The highest BCUT2D eigenvalue weighted by Crippen LogP contribution is 2.22. The summed E-state index contributed by atoms with van der Waals surface area (Å²) in [5.41, 5.74) is 1.11. The van der Waals surface area contributed by atoms with Crippen LogP contribution in [0.25, 0.3) is 10.7 Å². The summed E-state index contributed by atoms with van der Waals surface area (Å²) in [4.78, 5) is 22.1. The number of piperazine rings is 1. The lowest BCUT2D eigenvalue weighted by atomic mass is 10.2. The maximum atomic E-state index is 12.5. The monoisotopic (exact) mass is 416 g/mol. The van der Waals surface area contributed by atoms with E-state index in [4.69, 9.17) is 16.1 Å². The van der Waals surface area contributed by atoms with Crippen molar-refractivity contribution in [2.24, 2.45) is 0 Å². The van der Waals surface area contributed by atoms with Gasteiger partial charge < -0.3 is 14.3 Å². The van der Waals surface area contributed by atoms with Crippen molar-refractivity contribution in [3.63, 3.8) is 0 Å². The zero-order chi connectivity index (χ0) is 19.3. The van der Waals surface area contributed by atoms with E-state index in [0.717, 1.165) is 41.8 Å². The Morgan fingerprint density at radius 2 is 2.04 bits per heavy atom. The Hall–Kier alpha value is -2.38. The molecule has 0 unspecified atom stereocenters. The Labute approximate surface area is 172 Å². The molecule has 1 saturated heterocycles. The number of thiophene rings is 1. The van der Waals surface area contributed by atoms with E-state index in [1.54, 1.807) is 11.3 Å². The first-order valence-corrected chi connectivity index (χ1v) is 10.6. The minimum Gasteiger partial charge on any atom is -0.368 e. The van der Waals surface area contributed by atoms with Crippen molar-refractivity contribution in [1.29, 1.82) is 0 Å². The van der Waals surface area contributed by atoms with Gasteiger partial charge in [-0.25, -0.2) is 0 Å². The molecule has 0 atom stereocenters. The van der Waals surface area contributed by atoms with Crippen LogP contribution in [0, 0.1) is 0 Å². The molecular weight excluding hydrogens is 396 g/mol. The van der Waals surface area contributed by atoms with Gasteiger partial charge in [-0.05, 0) is 36.1 Å². The van der Waals surface area contributed by atoms with Gasteiger partial charge in [0.2, 0.25) is 17.6 Å². The molecule has 3 heterocycles. The van der Waals surface area contributed by atoms with Crippen molar-refractivity contribution in [2.45, 2.75) is 19.3 Å². The fourth-order valence-electron chi connectivity index (χ4n) is 3.30. The fourth-order valence-corrected chi connectivity index (χ4v) is 4.13. The molecule has 1 amide bonds. The maximum absolute atomic E-state index is 12.5. The first-order chi connectivity index (χ1) is 13.7. The first-order valence-electron chi connectivity index (χ1n) is 9.34. The second-order valence-electron chi connectivity index (χ2n) is 6.69. The van der Waals surface area contributed by atoms with E-state index in [0.29, 0.717) is 31.0 Å². The molecule has 0 aliphatic carbocycles. The Morgan fingerprint density at radius 1 is 1.18 bits per heavy atom. The molecule has 4 rings (SSSR count). The zero-order valence-corrected chi connectivity index (χ0v) is 17.0. The van der Waals surface area contributed by atoms with Crippen LogP contribution in [0.4, 0.5) is 5.69 Å². The normalized spacial score (nSPS) is 14.5. The Kier molecular flexibility index (Phi) is 5.92. The van der Waals surface area contributed by atoms with Crippen LogP contribution >= 0.6 is 22.9 Å². The number of halogens is 1. The molecule has 0 spiro atoms.